The molecule has 39 heavy (non-hydrogen) atoms. The minimum atomic E-state index is -3.43. The van der Waals surface area contributed by atoms with Crippen LogP contribution in [0.15, 0.2) is 67.1 Å². The van der Waals surface area contributed by atoms with Crippen LogP contribution in [0.25, 0.3) is 10.9 Å². The number of likely N-dealkylation sites (N-methyl/N-ethyl adjacent to an activating group) is 1. The first kappa shape index (κ1) is 28.1. The van der Waals surface area contributed by atoms with Crippen molar-refractivity contribution >= 4 is 49.8 Å². The summed E-state index contributed by atoms with van der Waals surface area (Å²) in [6.07, 6.45) is 3.73. The molecule has 0 bridgehead atoms. The molecule has 1 atom stereocenters. The molecule has 4 aromatic rings. The number of benzene rings is 2. The van der Waals surface area contributed by atoms with Crippen molar-refractivity contribution in [2.75, 3.05) is 30.9 Å². The van der Waals surface area contributed by atoms with Crippen LogP contribution in [-0.4, -0.2) is 65.9 Å². The molecule has 0 aliphatic rings. The number of hydrogen-bond acceptors (Lipinski definition) is 9. The Labute approximate surface area is 231 Å². The number of carbonyl (C=O) groups excluding carboxylic acids is 1. The molecular formula is C27H28ClN5O5S. The second-order valence-corrected chi connectivity index (χ2v) is 11.6. The second kappa shape index (κ2) is 12.3. The number of nitrogens with zero attached hydrogens (tertiary/aromatic N) is 4. The maximum Gasteiger partial charge on any atom is 0.237 e. The van der Waals surface area contributed by atoms with Crippen LogP contribution >= 0.6 is 11.6 Å². The number of fused-ring (bicyclic) bond motifs is 1. The van der Waals surface area contributed by atoms with Gasteiger partial charge in [0.25, 0.3) is 0 Å². The normalized spacial score (nSPS) is 12.1. The number of halogens is 1. The molecule has 0 saturated carbocycles. The Kier molecular flexibility index (Phi) is 8.82. The summed E-state index contributed by atoms with van der Waals surface area (Å²) in [6.45, 7) is 2.28. The first-order valence-corrected chi connectivity index (χ1v) is 14.4. The minimum Gasteiger partial charge on any atom is -0.488 e. The number of anilines is 2. The van der Waals surface area contributed by atoms with Crippen molar-refractivity contribution in [3.8, 4) is 11.5 Å². The average molecular weight is 570 g/mol. The lowest BCUT2D eigenvalue weighted by Crippen LogP contribution is -2.38. The highest BCUT2D eigenvalue weighted by molar-refractivity contribution is 7.91. The van der Waals surface area contributed by atoms with Gasteiger partial charge in [0.2, 0.25) is 5.91 Å². The number of amides is 1. The Morgan fingerprint density at radius 3 is 2.62 bits per heavy atom. The molecule has 0 fully saturated rings. The lowest BCUT2D eigenvalue weighted by Gasteiger charge is -2.23. The monoisotopic (exact) mass is 569 g/mol. The van der Waals surface area contributed by atoms with Gasteiger partial charge in [-0.2, -0.15) is 0 Å². The zero-order chi connectivity index (χ0) is 28.0. The van der Waals surface area contributed by atoms with Gasteiger partial charge in [0.1, 0.15) is 42.1 Å². The molecule has 4 rings (SSSR count). The molecule has 0 aliphatic heterocycles. The third kappa shape index (κ3) is 7.78. The standard InChI is InChI=1S/C27H28ClN5O5S/c1-18(14-33(2)25(34)16-39(3,35)36)38-24-9-6-8-22-26(24)27(31-17-30-22)32-19-10-11-23(21(28)13-19)37-15-20-7-4-5-12-29-20/h4-13,17-18H,14-16H2,1-3H3,(H,30,31,32). The number of nitrogens with one attached hydrogen (secondary N) is 1. The molecule has 0 spiro atoms. The van der Waals surface area contributed by atoms with Gasteiger partial charge in [-0.1, -0.05) is 23.7 Å². The van der Waals surface area contributed by atoms with Crippen LogP contribution in [0.5, 0.6) is 11.5 Å². The van der Waals surface area contributed by atoms with E-state index in [9.17, 15) is 13.2 Å². The predicted molar refractivity (Wildman–Crippen MR) is 150 cm³/mol. The highest BCUT2D eigenvalue weighted by Crippen LogP contribution is 2.34. The predicted octanol–water partition coefficient (Wildman–Crippen LogP) is 4.27. The quantitative estimate of drug-likeness (QED) is 0.282. The molecule has 12 heteroatoms. The van der Waals surface area contributed by atoms with Gasteiger partial charge < -0.3 is 19.7 Å². The van der Waals surface area contributed by atoms with Crippen LogP contribution in [0.2, 0.25) is 5.02 Å². The second-order valence-electron chi connectivity index (χ2n) is 9.03. The van der Waals surface area contributed by atoms with Gasteiger partial charge in [0, 0.05) is 25.2 Å². The highest BCUT2D eigenvalue weighted by Gasteiger charge is 2.19. The van der Waals surface area contributed by atoms with Gasteiger partial charge in [0.05, 0.1) is 28.2 Å². The number of carbonyl (C=O) groups is 1. The molecule has 2 heterocycles. The number of rotatable bonds is 11. The molecule has 0 aliphatic carbocycles. The molecule has 204 valence electrons. The van der Waals surface area contributed by atoms with Crippen LogP contribution in [0.1, 0.15) is 12.6 Å². The number of pyridine rings is 1. The van der Waals surface area contributed by atoms with E-state index >= 15 is 0 Å². The molecule has 2 aromatic carbocycles. The third-order valence-electron chi connectivity index (χ3n) is 5.59. The van der Waals surface area contributed by atoms with Crippen molar-refractivity contribution in [3.05, 3.63) is 77.8 Å². The van der Waals surface area contributed by atoms with Crippen molar-refractivity contribution in [2.45, 2.75) is 19.6 Å². The van der Waals surface area contributed by atoms with Crippen LogP contribution < -0.4 is 14.8 Å². The summed E-state index contributed by atoms with van der Waals surface area (Å²) in [4.78, 5) is 26.6. The molecule has 0 saturated heterocycles. The van der Waals surface area contributed by atoms with Gasteiger partial charge in [-0.3, -0.25) is 9.78 Å². The van der Waals surface area contributed by atoms with E-state index in [1.54, 1.807) is 38.4 Å². The lowest BCUT2D eigenvalue weighted by atomic mass is 10.2. The highest BCUT2D eigenvalue weighted by atomic mass is 35.5. The maximum atomic E-state index is 12.2. The summed E-state index contributed by atoms with van der Waals surface area (Å²) in [7, 11) is -1.88. The largest absolute Gasteiger partial charge is 0.488 e. The average Bonchev–Trinajstić information content (AvgIpc) is 2.88. The van der Waals surface area contributed by atoms with E-state index < -0.39 is 27.6 Å². The molecular weight excluding hydrogens is 542 g/mol. The molecule has 10 nitrogen and oxygen atoms in total. The Hall–Kier alpha value is -3.96. The van der Waals surface area contributed by atoms with Crippen molar-refractivity contribution in [1.82, 2.24) is 19.9 Å². The fourth-order valence-electron chi connectivity index (χ4n) is 3.82. The smallest absolute Gasteiger partial charge is 0.237 e. The Morgan fingerprint density at radius 2 is 1.90 bits per heavy atom. The first-order chi connectivity index (χ1) is 18.6. The van der Waals surface area contributed by atoms with Crippen molar-refractivity contribution in [1.29, 1.82) is 0 Å². The number of aromatic nitrogens is 3. The molecule has 1 amide bonds. The summed E-state index contributed by atoms with van der Waals surface area (Å²) >= 11 is 6.48. The molecule has 2 aromatic heterocycles. The summed E-state index contributed by atoms with van der Waals surface area (Å²) in [5, 5.41) is 4.33. The van der Waals surface area contributed by atoms with Gasteiger partial charge >= 0.3 is 0 Å². The lowest BCUT2D eigenvalue weighted by molar-refractivity contribution is -0.128. The van der Waals surface area contributed by atoms with Gasteiger partial charge in [-0.25, -0.2) is 18.4 Å². The number of ether oxygens (including phenoxy) is 2. The summed E-state index contributed by atoms with van der Waals surface area (Å²) < 4.78 is 34.9. The fourth-order valence-corrected chi connectivity index (χ4v) is 4.72. The summed E-state index contributed by atoms with van der Waals surface area (Å²) in [5.74, 6) is 0.478. The van der Waals surface area contributed by atoms with Gasteiger partial charge in [-0.15, -0.1) is 0 Å². The van der Waals surface area contributed by atoms with Crippen LogP contribution in [0.4, 0.5) is 11.5 Å². The Bertz CT molecular complexity index is 1560. The van der Waals surface area contributed by atoms with Crippen molar-refractivity contribution < 1.29 is 22.7 Å². The topological polar surface area (TPSA) is 124 Å². The van der Waals surface area contributed by atoms with Crippen LogP contribution in [-0.2, 0) is 21.2 Å². The SMILES string of the molecule is CC(CN(C)C(=O)CS(C)(=O)=O)Oc1cccc2ncnc(Nc3ccc(OCc4ccccn4)c(Cl)c3)c12. The summed E-state index contributed by atoms with van der Waals surface area (Å²) in [5.41, 5.74) is 2.12. The van der Waals surface area contributed by atoms with E-state index in [1.807, 2.05) is 36.4 Å². The van der Waals surface area contributed by atoms with Crippen molar-refractivity contribution in [3.63, 3.8) is 0 Å². The Morgan fingerprint density at radius 1 is 1.08 bits per heavy atom. The first-order valence-electron chi connectivity index (χ1n) is 12.0. The van der Waals surface area contributed by atoms with E-state index in [1.165, 1.54) is 11.2 Å². The third-order valence-corrected chi connectivity index (χ3v) is 6.66. The summed E-state index contributed by atoms with van der Waals surface area (Å²) in [6, 6.07) is 16.4. The minimum absolute atomic E-state index is 0.191. The van der Waals surface area contributed by atoms with E-state index in [4.69, 9.17) is 21.1 Å². The Balaban J connectivity index is 1.50. The zero-order valence-corrected chi connectivity index (χ0v) is 23.2. The van der Waals surface area contributed by atoms with Crippen LogP contribution in [0, 0.1) is 0 Å². The molecule has 1 unspecified atom stereocenters. The van der Waals surface area contributed by atoms with Crippen molar-refractivity contribution in [2.24, 2.45) is 0 Å². The van der Waals surface area contributed by atoms with Gasteiger partial charge in [-0.05, 0) is 49.4 Å². The molecule has 1 N–H and O–H groups in total. The fraction of sp³-hybridized carbons (Fsp3) is 0.259. The van der Waals surface area contributed by atoms with E-state index in [-0.39, 0.29) is 13.2 Å². The van der Waals surface area contributed by atoms with E-state index in [0.29, 0.717) is 38.9 Å². The van der Waals surface area contributed by atoms with E-state index in [0.717, 1.165) is 11.9 Å². The van der Waals surface area contributed by atoms with E-state index in [2.05, 4.69) is 20.3 Å². The molecule has 0 radical (unpaired) electrons. The zero-order valence-electron chi connectivity index (χ0n) is 21.7. The maximum absolute atomic E-state index is 12.2. The van der Waals surface area contributed by atoms with Crippen LogP contribution in [0.3, 0.4) is 0 Å². The number of hydrogen-bond donors (Lipinski definition) is 1. The van der Waals surface area contributed by atoms with Gasteiger partial charge in [0.15, 0.2) is 9.84 Å². The number of sulfone groups is 1.